The molecule has 1 aliphatic heterocycles. The highest BCUT2D eigenvalue weighted by Crippen LogP contribution is 2.34. The maximum atomic E-state index is 13.7. The fourth-order valence-corrected chi connectivity index (χ4v) is 2.53. The van der Waals surface area contributed by atoms with Crippen LogP contribution in [0.4, 0.5) is 23.2 Å². The number of nitrogens with one attached hydrogen (secondary N) is 1. The third-order valence-electron chi connectivity index (χ3n) is 4.00. The van der Waals surface area contributed by atoms with E-state index in [-0.39, 0.29) is 17.3 Å². The Bertz CT molecular complexity index is 503. The molecular formula is C15H19F4NO. The lowest BCUT2D eigenvalue weighted by Crippen LogP contribution is -2.42. The van der Waals surface area contributed by atoms with Crippen molar-refractivity contribution in [3.63, 3.8) is 0 Å². The lowest BCUT2D eigenvalue weighted by atomic mass is 9.89. The van der Waals surface area contributed by atoms with Gasteiger partial charge in [0.15, 0.2) is 0 Å². The lowest BCUT2D eigenvalue weighted by molar-refractivity contribution is -0.137. The monoisotopic (exact) mass is 305 g/mol. The van der Waals surface area contributed by atoms with E-state index in [0.29, 0.717) is 19.4 Å². The Morgan fingerprint density at radius 1 is 1.38 bits per heavy atom. The first-order chi connectivity index (χ1) is 9.73. The first-order valence-electron chi connectivity index (χ1n) is 7.01. The van der Waals surface area contributed by atoms with Crippen LogP contribution in [0.5, 0.6) is 0 Å². The molecule has 0 radical (unpaired) electrons. The summed E-state index contributed by atoms with van der Waals surface area (Å²) < 4.78 is 57.5. The van der Waals surface area contributed by atoms with Crippen LogP contribution in [0, 0.1) is 5.82 Å². The number of benzene rings is 1. The standard InChI is InChI=1S/C15H19F4NO/c1-3-14(2)9-11(6-7-21-14)20-13-8-10(15(17,18)19)4-5-12(13)16/h4-5,8,11,20H,3,6-7,9H2,1-2H3. The molecule has 2 atom stereocenters. The third-order valence-corrected chi connectivity index (χ3v) is 4.00. The molecule has 1 saturated heterocycles. The molecule has 1 N–H and O–H groups in total. The van der Waals surface area contributed by atoms with Gasteiger partial charge in [0.05, 0.1) is 16.9 Å². The Labute approximate surface area is 121 Å². The molecule has 0 aromatic heterocycles. The average molecular weight is 305 g/mol. The normalized spacial score (nSPS) is 26.7. The topological polar surface area (TPSA) is 21.3 Å². The van der Waals surface area contributed by atoms with Crippen LogP contribution in [0.1, 0.15) is 38.7 Å². The van der Waals surface area contributed by atoms with Gasteiger partial charge in [-0.15, -0.1) is 0 Å². The zero-order valence-electron chi connectivity index (χ0n) is 12.1. The number of hydrogen-bond acceptors (Lipinski definition) is 2. The number of hydrogen-bond donors (Lipinski definition) is 1. The van der Waals surface area contributed by atoms with Gasteiger partial charge in [0.2, 0.25) is 0 Å². The summed E-state index contributed by atoms with van der Waals surface area (Å²) in [6, 6.07) is 2.33. The van der Waals surface area contributed by atoms with Crippen LogP contribution in [-0.4, -0.2) is 18.2 Å². The van der Waals surface area contributed by atoms with Crippen LogP contribution in [0.2, 0.25) is 0 Å². The number of halogens is 4. The fourth-order valence-electron chi connectivity index (χ4n) is 2.53. The summed E-state index contributed by atoms with van der Waals surface area (Å²) in [6.45, 7) is 4.47. The summed E-state index contributed by atoms with van der Waals surface area (Å²) in [4.78, 5) is 0. The number of rotatable bonds is 3. The SMILES string of the molecule is CCC1(C)CC(Nc2cc(C(F)(F)F)ccc2F)CCO1. The summed E-state index contributed by atoms with van der Waals surface area (Å²) in [7, 11) is 0. The maximum Gasteiger partial charge on any atom is 0.416 e. The van der Waals surface area contributed by atoms with Crippen molar-refractivity contribution in [1.29, 1.82) is 0 Å². The molecule has 21 heavy (non-hydrogen) atoms. The Kier molecular flexibility index (Phi) is 4.46. The minimum Gasteiger partial charge on any atom is -0.380 e. The third kappa shape index (κ3) is 3.87. The van der Waals surface area contributed by atoms with Crippen molar-refractivity contribution in [2.24, 2.45) is 0 Å². The van der Waals surface area contributed by atoms with Gasteiger partial charge < -0.3 is 10.1 Å². The van der Waals surface area contributed by atoms with Gasteiger partial charge in [0, 0.05) is 12.6 Å². The molecule has 2 rings (SSSR count). The predicted octanol–water partition coefficient (Wildman–Crippen LogP) is 4.60. The zero-order chi connectivity index (χ0) is 15.7. The van der Waals surface area contributed by atoms with Crippen molar-refractivity contribution in [2.75, 3.05) is 11.9 Å². The van der Waals surface area contributed by atoms with E-state index in [0.717, 1.165) is 24.6 Å². The van der Waals surface area contributed by atoms with Gasteiger partial charge in [0.1, 0.15) is 5.82 Å². The second-order valence-corrected chi connectivity index (χ2v) is 5.68. The van der Waals surface area contributed by atoms with Gasteiger partial charge >= 0.3 is 6.18 Å². The first kappa shape index (κ1) is 16.1. The molecule has 1 aromatic carbocycles. The first-order valence-corrected chi connectivity index (χ1v) is 7.01. The highest BCUT2D eigenvalue weighted by Gasteiger charge is 2.33. The van der Waals surface area contributed by atoms with Gasteiger partial charge in [-0.3, -0.25) is 0 Å². The van der Waals surface area contributed by atoms with Crippen LogP contribution in [0.3, 0.4) is 0 Å². The second-order valence-electron chi connectivity index (χ2n) is 5.68. The molecule has 1 heterocycles. The van der Waals surface area contributed by atoms with Gasteiger partial charge in [0.25, 0.3) is 0 Å². The Morgan fingerprint density at radius 2 is 2.10 bits per heavy atom. The van der Waals surface area contributed by atoms with Crippen molar-refractivity contribution >= 4 is 5.69 Å². The summed E-state index contributed by atoms with van der Waals surface area (Å²) in [5.41, 5.74) is -1.26. The summed E-state index contributed by atoms with van der Waals surface area (Å²) in [5, 5.41) is 2.90. The Balaban J connectivity index is 2.15. The van der Waals surface area contributed by atoms with E-state index in [1.807, 2.05) is 13.8 Å². The van der Waals surface area contributed by atoms with E-state index in [4.69, 9.17) is 4.74 Å². The van der Waals surface area contributed by atoms with Crippen LogP contribution in [0.25, 0.3) is 0 Å². The van der Waals surface area contributed by atoms with Crippen molar-refractivity contribution < 1.29 is 22.3 Å². The van der Waals surface area contributed by atoms with E-state index in [2.05, 4.69) is 5.32 Å². The minimum atomic E-state index is -4.47. The Morgan fingerprint density at radius 3 is 2.71 bits per heavy atom. The molecule has 2 unspecified atom stereocenters. The van der Waals surface area contributed by atoms with Gasteiger partial charge in [-0.05, 0) is 44.4 Å². The van der Waals surface area contributed by atoms with Gasteiger partial charge in [-0.1, -0.05) is 6.92 Å². The van der Waals surface area contributed by atoms with Crippen LogP contribution >= 0.6 is 0 Å². The van der Waals surface area contributed by atoms with E-state index in [1.54, 1.807) is 0 Å². The average Bonchev–Trinajstić information content (AvgIpc) is 2.40. The molecule has 0 bridgehead atoms. The molecule has 2 nitrogen and oxygen atoms in total. The summed E-state index contributed by atoms with van der Waals surface area (Å²) >= 11 is 0. The zero-order valence-corrected chi connectivity index (χ0v) is 12.1. The van der Waals surface area contributed by atoms with Gasteiger partial charge in [-0.2, -0.15) is 13.2 Å². The largest absolute Gasteiger partial charge is 0.416 e. The van der Waals surface area contributed by atoms with Crippen molar-refractivity contribution in [2.45, 2.75) is 50.9 Å². The van der Waals surface area contributed by atoms with Crippen LogP contribution < -0.4 is 5.32 Å². The van der Waals surface area contributed by atoms with Crippen molar-refractivity contribution in [3.05, 3.63) is 29.6 Å². The van der Waals surface area contributed by atoms with E-state index in [1.165, 1.54) is 0 Å². The molecular weight excluding hydrogens is 286 g/mol. The summed E-state index contributed by atoms with van der Waals surface area (Å²) in [5.74, 6) is -0.673. The van der Waals surface area contributed by atoms with Gasteiger partial charge in [-0.25, -0.2) is 4.39 Å². The van der Waals surface area contributed by atoms with Crippen LogP contribution in [-0.2, 0) is 10.9 Å². The molecule has 118 valence electrons. The van der Waals surface area contributed by atoms with E-state index < -0.39 is 17.6 Å². The molecule has 1 aromatic rings. The van der Waals surface area contributed by atoms with Crippen molar-refractivity contribution in [1.82, 2.24) is 0 Å². The highest BCUT2D eigenvalue weighted by atomic mass is 19.4. The summed E-state index contributed by atoms with van der Waals surface area (Å²) in [6.07, 6.45) is -2.39. The molecule has 0 aliphatic carbocycles. The molecule has 1 aliphatic rings. The molecule has 6 heteroatoms. The number of alkyl halides is 3. The predicted molar refractivity (Wildman–Crippen MR) is 72.7 cm³/mol. The minimum absolute atomic E-state index is 0.0957. The smallest absolute Gasteiger partial charge is 0.380 e. The number of ether oxygens (including phenoxy) is 1. The van der Waals surface area contributed by atoms with E-state index in [9.17, 15) is 17.6 Å². The molecule has 1 fully saturated rings. The highest BCUT2D eigenvalue weighted by molar-refractivity contribution is 5.49. The van der Waals surface area contributed by atoms with Crippen LogP contribution in [0.15, 0.2) is 18.2 Å². The lowest BCUT2D eigenvalue weighted by Gasteiger charge is -2.38. The number of anilines is 1. The second kappa shape index (κ2) is 5.83. The molecule has 0 saturated carbocycles. The Hall–Kier alpha value is -1.30. The molecule has 0 amide bonds. The maximum absolute atomic E-state index is 13.7. The van der Waals surface area contributed by atoms with E-state index >= 15 is 0 Å². The quantitative estimate of drug-likeness (QED) is 0.824. The fraction of sp³-hybridized carbons (Fsp3) is 0.600. The molecule has 0 spiro atoms. The van der Waals surface area contributed by atoms with Crippen molar-refractivity contribution in [3.8, 4) is 0 Å².